The number of benzene rings is 1. The molecule has 1 aromatic rings. The molecular weight excluding hydrogens is 288 g/mol. The molecule has 0 fully saturated rings. The highest BCUT2D eigenvalue weighted by Crippen LogP contribution is 2.42. The molecule has 0 atom stereocenters. The third kappa shape index (κ3) is 4.78. The second kappa shape index (κ2) is 8.63. The highest BCUT2D eigenvalue weighted by Gasteiger charge is 2.45. The molecular formula is C19H32O2Si. The Kier molecular flexibility index (Phi) is 7.50. The van der Waals surface area contributed by atoms with Crippen molar-refractivity contribution in [1.29, 1.82) is 0 Å². The summed E-state index contributed by atoms with van der Waals surface area (Å²) in [6.45, 7) is 13.8. The van der Waals surface area contributed by atoms with Crippen molar-refractivity contribution < 1.29 is 9.22 Å². The number of hydrogen-bond donors (Lipinski definition) is 0. The van der Waals surface area contributed by atoms with Crippen molar-refractivity contribution in [2.75, 3.05) is 6.61 Å². The minimum atomic E-state index is -1.92. The van der Waals surface area contributed by atoms with E-state index < -0.39 is 8.32 Å². The first-order valence-corrected chi connectivity index (χ1v) is 10.6. The molecule has 124 valence electrons. The molecule has 0 saturated carbocycles. The lowest BCUT2D eigenvalue weighted by molar-refractivity contribution is -0.121. The van der Waals surface area contributed by atoms with Gasteiger partial charge in [0, 0.05) is 6.42 Å². The van der Waals surface area contributed by atoms with Crippen molar-refractivity contribution >= 4 is 14.1 Å². The van der Waals surface area contributed by atoms with Crippen molar-refractivity contribution in [2.24, 2.45) is 0 Å². The van der Waals surface area contributed by atoms with E-state index in [1.165, 1.54) is 5.56 Å². The molecule has 22 heavy (non-hydrogen) atoms. The summed E-state index contributed by atoms with van der Waals surface area (Å²) in [4.78, 5) is 12.2. The van der Waals surface area contributed by atoms with Crippen LogP contribution in [0, 0.1) is 0 Å². The highest BCUT2D eigenvalue weighted by atomic mass is 28.4. The molecule has 0 radical (unpaired) electrons. The van der Waals surface area contributed by atoms with Crippen LogP contribution in [-0.4, -0.2) is 20.7 Å². The van der Waals surface area contributed by atoms with Crippen LogP contribution in [0.3, 0.4) is 0 Å². The zero-order valence-corrected chi connectivity index (χ0v) is 16.1. The van der Waals surface area contributed by atoms with Gasteiger partial charge in [-0.3, -0.25) is 4.79 Å². The Morgan fingerprint density at radius 3 is 1.91 bits per heavy atom. The first kappa shape index (κ1) is 19.1. The number of aryl methyl sites for hydroxylation is 1. The number of rotatable bonds is 9. The van der Waals surface area contributed by atoms with Crippen LogP contribution >= 0.6 is 0 Å². The van der Waals surface area contributed by atoms with Crippen molar-refractivity contribution in [3.8, 4) is 0 Å². The van der Waals surface area contributed by atoms with E-state index in [2.05, 4.69) is 53.7 Å². The summed E-state index contributed by atoms with van der Waals surface area (Å²) in [5.41, 5.74) is 2.79. The van der Waals surface area contributed by atoms with Gasteiger partial charge in [-0.1, -0.05) is 71.9 Å². The normalized spacial score (nSPS) is 12.4. The molecule has 2 nitrogen and oxygen atoms in total. The van der Waals surface area contributed by atoms with Crippen molar-refractivity contribution in [2.45, 2.75) is 71.0 Å². The Balaban J connectivity index is 2.59. The van der Waals surface area contributed by atoms with E-state index in [4.69, 9.17) is 4.43 Å². The zero-order chi connectivity index (χ0) is 16.8. The number of hydrogen-bond acceptors (Lipinski definition) is 2. The number of ketones is 1. The molecule has 0 spiro atoms. The van der Waals surface area contributed by atoms with Gasteiger partial charge in [0.25, 0.3) is 0 Å². The summed E-state index contributed by atoms with van der Waals surface area (Å²) in [7, 11) is -1.92. The first-order chi connectivity index (χ1) is 10.3. The Labute approximate surface area is 137 Å². The molecule has 0 aliphatic rings. The molecule has 0 aliphatic carbocycles. The van der Waals surface area contributed by atoms with Crippen LogP contribution in [-0.2, 0) is 15.6 Å². The van der Waals surface area contributed by atoms with Gasteiger partial charge in [-0.25, -0.2) is 0 Å². The Morgan fingerprint density at radius 2 is 1.45 bits per heavy atom. The van der Waals surface area contributed by atoms with Crippen LogP contribution in [0.1, 0.15) is 53.5 Å². The van der Waals surface area contributed by atoms with Gasteiger partial charge in [-0.05, 0) is 28.6 Å². The summed E-state index contributed by atoms with van der Waals surface area (Å²) < 4.78 is 6.35. The fraction of sp³-hybridized carbons (Fsp3) is 0.632. The highest BCUT2D eigenvalue weighted by molar-refractivity contribution is 6.77. The monoisotopic (exact) mass is 320 g/mol. The maximum Gasteiger partial charge on any atom is 0.200 e. The average Bonchev–Trinajstić information content (AvgIpc) is 2.45. The fourth-order valence-corrected chi connectivity index (χ4v) is 9.12. The van der Waals surface area contributed by atoms with Crippen LogP contribution in [0.2, 0.25) is 16.6 Å². The third-order valence-electron chi connectivity index (χ3n) is 4.73. The van der Waals surface area contributed by atoms with Gasteiger partial charge in [0.1, 0.15) is 0 Å². The van der Waals surface area contributed by atoms with Gasteiger partial charge in [0.05, 0.1) is 6.61 Å². The summed E-state index contributed by atoms with van der Waals surface area (Å²) in [5, 5.41) is 0. The molecule has 0 N–H and O–H groups in total. The predicted octanol–water partition coefficient (Wildman–Crippen LogP) is 5.38. The smallest absolute Gasteiger partial charge is 0.200 e. The second-order valence-corrected chi connectivity index (χ2v) is 12.6. The Morgan fingerprint density at radius 1 is 0.955 bits per heavy atom. The molecule has 0 heterocycles. The quantitative estimate of drug-likeness (QED) is 0.571. The SMILES string of the molecule is CC(C)[Si](OCC(=O)CCc1ccccc1)(C(C)C)C(C)C. The molecule has 3 heteroatoms. The largest absolute Gasteiger partial charge is 0.409 e. The van der Waals surface area contributed by atoms with E-state index >= 15 is 0 Å². The molecule has 0 amide bonds. The van der Waals surface area contributed by atoms with E-state index in [-0.39, 0.29) is 12.4 Å². The van der Waals surface area contributed by atoms with Gasteiger partial charge in [-0.2, -0.15) is 0 Å². The molecule has 0 aromatic heterocycles. The standard InChI is InChI=1S/C19H32O2Si/c1-15(2)22(16(3)4,17(5)6)21-14-19(20)13-12-18-10-8-7-9-11-18/h7-11,15-17H,12-14H2,1-6H3. The van der Waals surface area contributed by atoms with Crippen molar-refractivity contribution in [1.82, 2.24) is 0 Å². The van der Waals surface area contributed by atoms with Crippen LogP contribution in [0.25, 0.3) is 0 Å². The van der Waals surface area contributed by atoms with Gasteiger partial charge < -0.3 is 4.43 Å². The maximum absolute atomic E-state index is 12.2. The first-order valence-electron chi connectivity index (χ1n) is 8.50. The Bertz CT molecular complexity index is 430. The summed E-state index contributed by atoms with van der Waals surface area (Å²) in [5.74, 6) is 0.225. The lowest BCUT2D eigenvalue weighted by atomic mass is 10.1. The van der Waals surface area contributed by atoms with Gasteiger partial charge in [-0.15, -0.1) is 0 Å². The minimum absolute atomic E-state index is 0.225. The molecule has 0 saturated heterocycles. The van der Waals surface area contributed by atoms with E-state index in [1.807, 2.05) is 18.2 Å². The number of carbonyl (C=O) groups excluding carboxylic acids is 1. The van der Waals surface area contributed by atoms with Crippen LogP contribution in [0.4, 0.5) is 0 Å². The van der Waals surface area contributed by atoms with E-state index in [0.29, 0.717) is 23.0 Å². The molecule has 0 bridgehead atoms. The van der Waals surface area contributed by atoms with Crippen LogP contribution < -0.4 is 0 Å². The zero-order valence-electron chi connectivity index (χ0n) is 15.1. The van der Waals surface area contributed by atoms with E-state index in [1.54, 1.807) is 0 Å². The van der Waals surface area contributed by atoms with Crippen LogP contribution in [0.15, 0.2) is 30.3 Å². The van der Waals surface area contributed by atoms with E-state index in [0.717, 1.165) is 6.42 Å². The summed E-state index contributed by atoms with van der Waals surface area (Å²) in [6.07, 6.45) is 1.38. The topological polar surface area (TPSA) is 26.3 Å². The molecule has 1 aromatic carbocycles. The van der Waals surface area contributed by atoms with Crippen molar-refractivity contribution in [3.05, 3.63) is 35.9 Å². The third-order valence-corrected chi connectivity index (χ3v) is 10.8. The fourth-order valence-electron chi connectivity index (χ4n) is 3.71. The lowest BCUT2D eigenvalue weighted by Gasteiger charge is -2.42. The summed E-state index contributed by atoms with van der Waals surface area (Å²) in [6, 6.07) is 10.2. The average molecular weight is 321 g/mol. The molecule has 0 aliphatic heterocycles. The maximum atomic E-state index is 12.2. The Hall–Kier alpha value is -0.933. The second-order valence-electron chi connectivity index (χ2n) is 7.13. The number of carbonyl (C=O) groups is 1. The predicted molar refractivity (Wildman–Crippen MR) is 96.8 cm³/mol. The van der Waals surface area contributed by atoms with Crippen molar-refractivity contribution in [3.63, 3.8) is 0 Å². The van der Waals surface area contributed by atoms with Gasteiger partial charge in [0.2, 0.25) is 8.32 Å². The number of Topliss-reactive ketones (excluding diaryl/α,β-unsaturated/α-hetero) is 1. The molecule has 1 rings (SSSR count). The van der Waals surface area contributed by atoms with Crippen LogP contribution in [0.5, 0.6) is 0 Å². The van der Waals surface area contributed by atoms with E-state index in [9.17, 15) is 4.79 Å². The lowest BCUT2D eigenvalue weighted by Crippen LogP contribution is -2.48. The van der Waals surface area contributed by atoms with Gasteiger partial charge >= 0.3 is 0 Å². The summed E-state index contributed by atoms with van der Waals surface area (Å²) >= 11 is 0. The minimum Gasteiger partial charge on any atom is -0.409 e. The van der Waals surface area contributed by atoms with Gasteiger partial charge in [0.15, 0.2) is 5.78 Å². The molecule has 0 unspecified atom stereocenters.